The third-order valence-electron chi connectivity index (χ3n) is 7.39. The number of ether oxygens (including phenoxy) is 1. The van der Waals surface area contributed by atoms with E-state index in [2.05, 4.69) is 40.4 Å². The molecule has 10 nitrogen and oxygen atoms in total. The van der Waals surface area contributed by atoms with Gasteiger partial charge in [-0.1, -0.05) is 51.1 Å². The molecule has 2 aromatic carbocycles. The van der Waals surface area contributed by atoms with Gasteiger partial charge in [-0.25, -0.2) is 18.1 Å². The van der Waals surface area contributed by atoms with Crippen LogP contribution in [0.25, 0.3) is 11.3 Å². The minimum absolute atomic E-state index is 0.0811. The van der Waals surface area contributed by atoms with Gasteiger partial charge < -0.3 is 14.7 Å². The first kappa shape index (κ1) is 31.1. The summed E-state index contributed by atoms with van der Waals surface area (Å²) in [6.45, 7) is 10.1. The molecule has 11 heteroatoms. The Balaban J connectivity index is 1.68. The maximum Gasteiger partial charge on any atom is 0.264 e. The highest BCUT2D eigenvalue weighted by atomic mass is 32.2. The van der Waals surface area contributed by atoms with Crippen LogP contribution >= 0.6 is 0 Å². The summed E-state index contributed by atoms with van der Waals surface area (Å²) in [4.78, 5) is 29.3. The van der Waals surface area contributed by atoms with Crippen LogP contribution < -0.4 is 9.46 Å². The lowest BCUT2D eigenvalue weighted by Crippen LogP contribution is -2.45. The van der Waals surface area contributed by atoms with Crippen LogP contribution in [-0.4, -0.2) is 51.9 Å². The molecule has 1 aliphatic rings. The number of aliphatic hydroxyl groups excluding tert-OH is 1. The number of hydrogen-bond acceptors (Lipinski definition) is 8. The number of carbonyl (C=O) groups excluding carboxylic acids is 1. The van der Waals surface area contributed by atoms with Crippen molar-refractivity contribution in [1.82, 2.24) is 19.9 Å². The number of carbonyl (C=O) groups is 1. The molecule has 1 atom stereocenters. The van der Waals surface area contributed by atoms with Crippen molar-refractivity contribution in [2.24, 2.45) is 5.41 Å². The number of aliphatic hydroxyl groups is 1. The number of sulfonamides is 1. The van der Waals surface area contributed by atoms with Gasteiger partial charge in [0.25, 0.3) is 15.9 Å². The number of benzene rings is 2. The monoisotopic (exact) mass is 615 g/mol. The first-order valence-electron chi connectivity index (χ1n) is 14.4. The van der Waals surface area contributed by atoms with Crippen LogP contribution in [0.4, 0.5) is 5.95 Å². The smallest absolute Gasteiger partial charge is 0.264 e. The molecule has 230 valence electrons. The fraction of sp³-hybridized carbons (Fsp3) is 0.333. The predicted molar refractivity (Wildman–Crippen MR) is 168 cm³/mol. The summed E-state index contributed by atoms with van der Waals surface area (Å²) in [5.74, 6) is -0.331. The van der Waals surface area contributed by atoms with Gasteiger partial charge in [-0.05, 0) is 67.1 Å². The van der Waals surface area contributed by atoms with Crippen molar-refractivity contribution in [3.05, 3.63) is 94.8 Å². The molecule has 0 aliphatic carbocycles. The van der Waals surface area contributed by atoms with Crippen LogP contribution in [0.2, 0.25) is 0 Å². The molecular formula is C33H37N5O5S. The van der Waals surface area contributed by atoms with Gasteiger partial charge in [-0.3, -0.25) is 9.78 Å². The van der Waals surface area contributed by atoms with E-state index in [4.69, 9.17) is 4.74 Å². The number of aromatic nitrogens is 3. The van der Waals surface area contributed by atoms with E-state index in [1.807, 2.05) is 32.0 Å². The molecule has 2 N–H and O–H groups in total. The summed E-state index contributed by atoms with van der Waals surface area (Å²) < 4.78 is 35.9. The van der Waals surface area contributed by atoms with Crippen LogP contribution in [0.5, 0.6) is 5.88 Å². The Kier molecular flexibility index (Phi) is 8.71. The van der Waals surface area contributed by atoms with Gasteiger partial charge in [-0.15, -0.1) is 0 Å². The van der Waals surface area contributed by atoms with E-state index >= 15 is 0 Å². The second-order valence-electron chi connectivity index (χ2n) is 12.3. The molecule has 44 heavy (non-hydrogen) atoms. The van der Waals surface area contributed by atoms with Gasteiger partial charge in [0.1, 0.15) is 6.61 Å². The third-order valence-corrected chi connectivity index (χ3v) is 8.71. The Labute approximate surface area is 258 Å². The second-order valence-corrected chi connectivity index (χ2v) is 13.9. The van der Waals surface area contributed by atoms with Crippen LogP contribution in [0, 0.1) is 19.3 Å². The average molecular weight is 616 g/mol. The molecule has 0 saturated heterocycles. The number of rotatable bonds is 5. The highest BCUT2D eigenvalue weighted by Gasteiger charge is 2.32. The van der Waals surface area contributed by atoms with Crippen LogP contribution in [-0.2, 0) is 23.2 Å². The molecule has 4 aromatic rings. The minimum atomic E-state index is -4.17. The second kappa shape index (κ2) is 12.3. The van der Waals surface area contributed by atoms with Crippen LogP contribution in [0.3, 0.4) is 0 Å². The van der Waals surface area contributed by atoms with Gasteiger partial charge in [0, 0.05) is 17.2 Å². The Bertz CT molecular complexity index is 1780. The van der Waals surface area contributed by atoms with E-state index in [0.717, 1.165) is 16.7 Å². The largest absolute Gasteiger partial charge is 0.475 e. The Morgan fingerprint density at radius 3 is 2.34 bits per heavy atom. The molecule has 0 radical (unpaired) electrons. The first-order valence-corrected chi connectivity index (χ1v) is 15.9. The quantitative estimate of drug-likeness (QED) is 0.309. The van der Waals surface area contributed by atoms with Crippen molar-refractivity contribution < 1.29 is 23.1 Å². The van der Waals surface area contributed by atoms with Gasteiger partial charge in [0.05, 0.1) is 41.2 Å². The minimum Gasteiger partial charge on any atom is -0.475 e. The molecule has 0 unspecified atom stereocenters. The standard InChI is InChI=1S/C33H37N5O5S/c1-21-9-6-10-22(2)30(21)28-16-29-36-32(35-28)37-44(41,42)27-14-7-11-23(15-27)31(40)38(26(20-43-29)17-33(3,4)5)18-24-12-8-13-25(19-39)34-24/h6-16,26,39H,17-20H2,1-5H3,(H,35,36,37)/t26-/m1/s1. The lowest BCUT2D eigenvalue weighted by atomic mass is 9.87. The van der Waals surface area contributed by atoms with E-state index < -0.39 is 16.1 Å². The number of hydrogen-bond donors (Lipinski definition) is 2. The number of pyridine rings is 1. The summed E-state index contributed by atoms with van der Waals surface area (Å²) in [5.41, 5.74) is 4.36. The third kappa shape index (κ3) is 7.06. The van der Waals surface area contributed by atoms with Crippen LogP contribution in [0.1, 0.15) is 60.1 Å². The fourth-order valence-electron chi connectivity index (χ4n) is 5.43. The summed E-state index contributed by atoms with van der Waals surface area (Å²) >= 11 is 0. The number of fused-ring (bicyclic) bond motifs is 4. The molecule has 1 amide bonds. The molecule has 3 heterocycles. The van der Waals surface area contributed by atoms with Crippen molar-refractivity contribution in [2.45, 2.75) is 65.1 Å². The number of aryl methyl sites for hydroxylation is 2. The molecule has 4 bridgehead atoms. The molecular weight excluding hydrogens is 578 g/mol. The first-order chi connectivity index (χ1) is 20.8. The average Bonchev–Trinajstić information content (AvgIpc) is 2.97. The van der Waals surface area contributed by atoms with Crippen molar-refractivity contribution in [3.63, 3.8) is 0 Å². The summed E-state index contributed by atoms with van der Waals surface area (Å²) in [5, 5.41) is 9.67. The Morgan fingerprint density at radius 1 is 0.955 bits per heavy atom. The van der Waals surface area contributed by atoms with Crippen molar-refractivity contribution in [2.75, 3.05) is 11.3 Å². The maximum atomic E-state index is 14.2. The molecule has 0 spiro atoms. The topological polar surface area (TPSA) is 135 Å². The Hall–Kier alpha value is -4.35. The van der Waals surface area contributed by atoms with E-state index in [9.17, 15) is 18.3 Å². The normalized spacial score (nSPS) is 16.6. The maximum absolute atomic E-state index is 14.2. The Morgan fingerprint density at radius 2 is 1.64 bits per heavy atom. The number of anilines is 1. The highest BCUT2D eigenvalue weighted by Crippen LogP contribution is 2.31. The zero-order valence-corrected chi connectivity index (χ0v) is 26.4. The van der Waals surface area contributed by atoms with E-state index in [1.165, 1.54) is 12.1 Å². The van der Waals surface area contributed by atoms with Gasteiger partial charge >= 0.3 is 0 Å². The van der Waals surface area contributed by atoms with E-state index in [-0.39, 0.29) is 53.4 Å². The lowest BCUT2D eigenvalue weighted by Gasteiger charge is -2.35. The molecule has 5 rings (SSSR count). The van der Waals surface area contributed by atoms with E-state index in [1.54, 1.807) is 41.3 Å². The number of amides is 1. The van der Waals surface area contributed by atoms with Crippen molar-refractivity contribution in [3.8, 4) is 17.1 Å². The highest BCUT2D eigenvalue weighted by molar-refractivity contribution is 7.92. The van der Waals surface area contributed by atoms with Gasteiger partial charge in [0.15, 0.2) is 0 Å². The zero-order chi connectivity index (χ0) is 31.6. The predicted octanol–water partition coefficient (Wildman–Crippen LogP) is 5.29. The number of nitrogens with zero attached hydrogens (tertiary/aromatic N) is 4. The van der Waals surface area contributed by atoms with E-state index in [0.29, 0.717) is 23.5 Å². The van der Waals surface area contributed by atoms with Gasteiger partial charge in [0.2, 0.25) is 11.8 Å². The SMILES string of the molecule is Cc1cccc(C)c1-c1cc2nc(n1)NS(=O)(=O)c1cccc(c1)C(=O)N(Cc1cccc(CO)n1)[C@H](CC(C)(C)C)CO2. The number of nitrogens with one attached hydrogen (secondary N) is 1. The van der Waals surface area contributed by atoms with Crippen LogP contribution in [0.15, 0.2) is 71.6 Å². The summed E-state index contributed by atoms with van der Waals surface area (Å²) in [7, 11) is -4.17. The van der Waals surface area contributed by atoms with Crippen molar-refractivity contribution in [1.29, 1.82) is 0 Å². The zero-order valence-electron chi connectivity index (χ0n) is 25.5. The lowest BCUT2D eigenvalue weighted by molar-refractivity contribution is 0.0509. The molecule has 0 saturated carbocycles. The summed E-state index contributed by atoms with van der Waals surface area (Å²) in [6.07, 6.45) is 0.566. The van der Waals surface area contributed by atoms with Gasteiger partial charge in [-0.2, -0.15) is 4.98 Å². The molecule has 1 aliphatic heterocycles. The van der Waals surface area contributed by atoms with Crippen molar-refractivity contribution >= 4 is 21.9 Å². The molecule has 2 aromatic heterocycles. The molecule has 0 fully saturated rings. The fourth-order valence-corrected chi connectivity index (χ4v) is 6.42. The summed E-state index contributed by atoms with van der Waals surface area (Å²) in [6, 6.07) is 18.3.